The van der Waals surface area contributed by atoms with Crippen molar-refractivity contribution in [2.24, 2.45) is 0 Å². The minimum Gasteiger partial charge on any atom is -0.365 e. The molecule has 13 heavy (non-hydrogen) atoms. The van der Waals surface area contributed by atoms with E-state index < -0.39 is 0 Å². The number of nitrogens with one attached hydrogen (secondary N) is 2. The van der Waals surface area contributed by atoms with Crippen LogP contribution in [-0.4, -0.2) is 29.1 Å². The lowest BCUT2D eigenvalue weighted by molar-refractivity contribution is 0.786. The van der Waals surface area contributed by atoms with E-state index in [2.05, 4.69) is 20.6 Å². The van der Waals surface area contributed by atoms with Crippen LogP contribution >= 0.6 is 0 Å². The summed E-state index contributed by atoms with van der Waals surface area (Å²) in [5, 5.41) is 6.63. The lowest BCUT2D eigenvalue weighted by Gasteiger charge is -2.10. The number of nitrogens with zero attached hydrogens (tertiary/aromatic N) is 2. The molecule has 2 heterocycles. The zero-order valence-corrected chi connectivity index (χ0v) is 7.75. The van der Waals surface area contributed by atoms with Crippen LogP contribution < -0.4 is 10.6 Å². The van der Waals surface area contributed by atoms with E-state index >= 15 is 0 Å². The molecule has 0 spiro atoms. The van der Waals surface area contributed by atoms with Crippen molar-refractivity contribution < 1.29 is 0 Å². The van der Waals surface area contributed by atoms with E-state index in [1.54, 1.807) is 12.4 Å². The number of hydrogen-bond acceptors (Lipinski definition) is 4. The van der Waals surface area contributed by atoms with Gasteiger partial charge in [-0.15, -0.1) is 0 Å². The fraction of sp³-hybridized carbons (Fsp3) is 0.556. The Morgan fingerprint density at radius 3 is 3.00 bits per heavy atom. The van der Waals surface area contributed by atoms with E-state index in [1.807, 2.05) is 6.92 Å². The Morgan fingerprint density at radius 2 is 2.38 bits per heavy atom. The van der Waals surface area contributed by atoms with Gasteiger partial charge in [-0.25, -0.2) is 4.98 Å². The van der Waals surface area contributed by atoms with Gasteiger partial charge in [0.1, 0.15) is 5.82 Å². The van der Waals surface area contributed by atoms with Gasteiger partial charge in [0.25, 0.3) is 0 Å². The molecule has 1 saturated heterocycles. The third-order valence-corrected chi connectivity index (χ3v) is 2.19. The Labute approximate surface area is 77.8 Å². The molecule has 1 fully saturated rings. The molecule has 0 bridgehead atoms. The molecule has 2 N–H and O–H groups in total. The van der Waals surface area contributed by atoms with Crippen molar-refractivity contribution >= 4 is 5.82 Å². The van der Waals surface area contributed by atoms with E-state index in [-0.39, 0.29) is 0 Å². The molecule has 0 aromatic carbocycles. The van der Waals surface area contributed by atoms with Crippen LogP contribution in [0, 0.1) is 6.92 Å². The van der Waals surface area contributed by atoms with Crippen molar-refractivity contribution in [1.82, 2.24) is 15.3 Å². The molecule has 0 aliphatic carbocycles. The van der Waals surface area contributed by atoms with Crippen molar-refractivity contribution in [1.29, 1.82) is 0 Å². The Hall–Kier alpha value is -1.16. The van der Waals surface area contributed by atoms with E-state index in [4.69, 9.17) is 0 Å². The van der Waals surface area contributed by atoms with Crippen molar-refractivity contribution in [3.05, 3.63) is 18.1 Å². The molecule has 4 heteroatoms. The van der Waals surface area contributed by atoms with Gasteiger partial charge < -0.3 is 10.6 Å². The molecule has 1 aromatic rings. The molecule has 0 saturated carbocycles. The third kappa shape index (κ3) is 2.15. The zero-order valence-electron chi connectivity index (χ0n) is 7.75. The molecule has 0 radical (unpaired) electrons. The molecule has 4 nitrogen and oxygen atoms in total. The van der Waals surface area contributed by atoms with Gasteiger partial charge in [0, 0.05) is 12.6 Å². The summed E-state index contributed by atoms with van der Waals surface area (Å²) in [6.07, 6.45) is 4.73. The molecule has 1 aliphatic heterocycles. The van der Waals surface area contributed by atoms with Gasteiger partial charge >= 0.3 is 0 Å². The number of aryl methyl sites for hydroxylation is 1. The summed E-state index contributed by atoms with van der Waals surface area (Å²) < 4.78 is 0. The Morgan fingerprint density at radius 1 is 1.46 bits per heavy atom. The highest BCUT2D eigenvalue weighted by Gasteiger charge is 2.13. The predicted octanol–water partition coefficient (Wildman–Crippen LogP) is 0.559. The predicted molar refractivity (Wildman–Crippen MR) is 51.7 cm³/mol. The molecule has 1 atom stereocenters. The summed E-state index contributed by atoms with van der Waals surface area (Å²) in [7, 11) is 0. The van der Waals surface area contributed by atoms with Gasteiger partial charge in [-0.1, -0.05) is 0 Å². The molecular weight excluding hydrogens is 164 g/mol. The zero-order chi connectivity index (χ0) is 9.10. The SMILES string of the molecule is Cc1cnc(NC2CCNC2)cn1. The van der Waals surface area contributed by atoms with Crippen LogP contribution in [-0.2, 0) is 0 Å². The summed E-state index contributed by atoms with van der Waals surface area (Å²) in [5.74, 6) is 0.874. The van der Waals surface area contributed by atoms with E-state index in [0.717, 1.165) is 31.0 Å². The van der Waals surface area contributed by atoms with Gasteiger partial charge in [-0.05, 0) is 19.9 Å². The van der Waals surface area contributed by atoms with Crippen LogP contribution in [0.1, 0.15) is 12.1 Å². The minimum atomic E-state index is 0.511. The minimum absolute atomic E-state index is 0.511. The molecule has 1 aliphatic rings. The summed E-state index contributed by atoms with van der Waals surface area (Å²) >= 11 is 0. The first-order valence-corrected chi connectivity index (χ1v) is 4.60. The maximum atomic E-state index is 4.24. The fourth-order valence-electron chi connectivity index (χ4n) is 1.45. The van der Waals surface area contributed by atoms with Gasteiger partial charge in [-0.2, -0.15) is 0 Å². The maximum absolute atomic E-state index is 4.24. The normalized spacial score (nSPS) is 21.8. The average molecular weight is 178 g/mol. The van der Waals surface area contributed by atoms with Crippen LogP contribution in [0.5, 0.6) is 0 Å². The summed E-state index contributed by atoms with van der Waals surface area (Å²) in [5.41, 5.74) is 0.954. The molecule has 2 rings (SSSR count). The van der Waals surface area contributed by atoms with Gasteiger partial charge in [-0.3, -0.25) is 4.98 Å². The molecular formula is C9H14N4. The second kappa shape index (κ2) is 3.70. The van der Waals surface area contributed by atoms with Crippen molar-refractivity contribution in [2.75, 3.05) is 18.4 Å². The van der Waals surface area contributed by atoms with Gasteiger partial charge in [0.15, 0.2) is 0 Å². The lowest BCUT2D eigenvalue weighted by atomic mass is 10.3. The number of rotatable bonds is 2. The monoisotopic (exact) mass is 178 g/mol. The van der Waals surface area contributed by atoms with Crippen molar-refractivity contribution in [3.63, 3.8) is 0 Å². The fourth-order valence-corrected chi connectivity index (χ4v) is 1.45. The highest BCUT2D eigenvalue weighted by molar-refractivity contribution is 5.32. The highest BCUT2D eigenvalue weighted by atomic mass is 15.1. The Bertz CT molecular complexity index is 263. The summed E-state index contributed by atoms with van der Waals surface area (Å²) in [4.78, 5) is 8.42. The number of hydrogen-bond donors (Lipinski definition) is 2. The first-order chi connectivity index (χ1) is 6.34. The van der Waals surface area contributed by atoms with E-state index in [1.165, 1.54) is 0 Å². The largest absolute Gasteiger partial charge is 0.365 e. The first-order valence-electron chi connectivity index (χ1n) is 4.60. The Kier molecular flexibility index (Phi) is 2.40. The second-order valence-electron chi connectivity index (χ2n) is 3.38. The van der Waals surface area contributed by atoms with Crippen molar-refractivity contribution in [3.8, 4) is 0 Å². The highest BCUT2D eigenvalue weighted by Crippen LogP contribution is 2.06. The topological polar surface area (TPSA) is 49.8 Å². The van der Waals surface area contributed by atoms with E-state index in [0.29, 0.717) is 6.04 Å². The van der Waals surface area contributed by atoms with Gasteiger partial charge in [0.2, 0.25) is 0 Å². The molecule has 0 amide bonds. The third-order valence-electron chi connectivity index (χ3n) is 2.19. The number of anilines is 1. The Balaban J connectivity index is 1.97. The lowest BCUT2D eigenvalue weighted by Crippen LogP contribution is -2.22. The van der Waals surface area contributed by atoms with Gasteiger partial charge in [0.05, 0.1) is 18.1 Å². The van der Waals surface area contributed by atoms with Crippen LogP contribution in [0.4, 0.5) is 5.82 Å². The molecule has 70 valence electrons. The van der Waals surface area contributed by atoms with Crippen LogP contribution in [0.2, 0.25) is 0 Å². The summed E-state index contributed by atoms with van der Waals surface area (Å²) in [6, 6.07) is 0.511. The summed E-state index contributed by atoms with van der Waals surface area (Å²) in [6.45, 7) is 4.06. The molecule has 1 aromatic heterocycles. The van der Waals surface area contributed by atoms with Crippen LogP contribution in [0.15, 0.2) is 12.4 Å². The van der Waals surface area contributed by atoms with E-state index in [9.17, 15) is 0 Å². The smallest absolute Gasteiger partial charge is 0.144 e. The maximum Gasteiger partial charge on any atom is 0.144 e. The van der Waals surface area contributed by atoms with Crippen LogP contribution in [0.25, 0.3) is 0 Å². The van der Waals surface area contributed by atoms with Crippen LogP contribution in [0.3, 0.4) is 0 Å². The molecule has 1 unspecified atom stereocenters. The standard InChI is InChI=1S/C9H14N4/c1-7-4-12-9(6-11-7)13-8-2-3-10-5-8/h4,6,8,10H,2-3,5H2,1H3,(H,12,13). The average Bonchev–Trinajstić information content (AvgIpc) is 2.62. The number of aromatic nitrogens is 2. The van der Waals surface area contributed by atoms with Crippen molar-refractivity contribution in [2.45, 2.75) is 19.4 Å². The quantitative estimate of drug-likeness (QED) is 0.694. The second-order valence-corrected chi connectivity index (χ2v) is 3.38. The first kappa shape index (κ1) is 8.44.